The van der Waals surface area contributed by atoms with Crippen molar-refractivity contribution in [3.63, 3.8) is 0 Å². The number of benzene rings is 2. The van der Waals surface area contributed by atoms with Crippen LogP contribution in [-0.2, 0) is 13.0 Å². The molecule has 0 saturated carbocycles. The molecule has 2 aromatic heterocycles. The molecule has 2 aromatic carbocycles. The monoisotopic (exact) mass is 457 g/mol. The first-order valence-corrected chi connectivity index (χ1v) is 11.1. The molecule has 172 valence electrons. The van der Waals surface area contributed by atoms with Crippen molar-refractivity contribution in [3.05, 3.63) is 106 Å². The Morgan fingerprint density at radius 2 is 1.82 bits per heavy atom. The molecular formula is C26H24FN5O2. The topological polar surface area (TPSA) is 82.2 Å². The van der Waals surface area contributed by atoms with E-state index in [2.05, 4.69) is 20.1 Å². The third-order valence-electron chi connectivity index (χ3n) is 6.36. The maximum absolute atomic E-state index is 14.6. The number of H-pyrrole nitrogens is 1. The number of hydrogen-bond donors (Lipinski definition) is 1. The third kappa shape index (κ3) is 4.32. The molecule has 0 bridgehead atoms. The van der Waals surface area contributed by atoms with Crippen molar-refractivity contribution in [1.82, 2.24) is 25.0 Å². The normalized spacial score (nSPS) is 13.9. The molecule has 8 heteroatoms. The average molecular weight is 458 g/mol. The molecule has 1 fully saturated rings. The summed E-state index contributed by atoms with van der Waals surface area (Å²) in [6.45, 7) is 1.87. The number of halogens is 1. The van der Waals surface area contributed by atoms with Crippen molar-refractivity contribution in [1.29, 1.82) is 0 Å². The van der Waals surface area contributed by atoms with Gasteiger partial charge in [0.2, 0.25) is 0 Å². The van der Waals surface area contributed by atoms with Gasteiger partial charge in [-0.25, -0.2) is 9.49 Å². The number of pyridine rings is 1. The summed E-state index contributed by atoms with van der Waals surface area (Å²) in [4.78, 5) is 33.0. The van der Waals surface area contributed by atoms with Gasteiger partial charge in [-0.1, -0.05) is 24.3 Å². The van der Waals surface area contributed by atoms with E-state index in [1.165, 1.54) is 6.07 Å². The summed E-state index contributed by atoms with van der Waals surface area (Å²) in [5, 5.41) is 8.00. The second-order valence-corrected chi connectivity index (χ2v) is 8.67. The highest BCUT2D eigenvalue weighted by atomic mass is 19.1. The number of nitrogens with zero attached hydrogens (tertiary/aromatic N) is 4. The Kier molecular flexibility index (Phi) is 5.90. The van der Waals surface area contributed by atoms with Crippen LogP contribution in [-0.4, -0.2) is 57.1 Å². The summed E-state index contributed by atoms with van der Waals surface area (Å²) in [7, 11) is 2.02. The lowest BCUT2D eigenvalue weighted by atomic mass is 10.00. The number of hydrogen-bond acceptors (Lipinski definition) is 5. The maximum atomic E-state index is 14.6. The lowest BCUT2D eigenvalue weighted by Gasteiger charge is -2.44. The maximum Gasteiger partial charge on any atom is 0.272 e. The molecule has 1 N–H and O–H groups in total. The van der Waals surface area contributed by atoms with Gasteiger partial charge in [0.25, 0.3) is 11.5 Å². The Labute approximate surface area is 195 Å². The second-order valence-electron chi connectivity index (χ2n) is 8.67. The molecule has 0 spiro atoms. The number of nitrogens with one attached hydrogen (secondary N) is 1. The highest BCUT2D eigenvalue weighted by Gasteiger charge is 2.34. The van der Waals surface area contributed by atoms with Crippen LogP contribution in [0.5, 0.6) is 0 Å². The van der Waals surface area contributed by atoms with Gasteiger partial charge in [0.05, 0.1) is 16.6 Å². The summed E-state index contributed by atoms with van der Waals surface area (Å²) >= 11 is 0. The summed E-state index contributed by atoms with van der Waals surface area (Å²) in [5.41, 5.74) is 2.38. The van der Waals surface area contributed by atoms with Gasteiger partial charge in [0, 0.05) is 49.9 Å². The molecule has 1 amide bonds. The van der Waals surface area contributed by atoms with Gasteiger partial charge in [0.1, 0.15) is 5.82 Å². The molecule has 1 saturated heterocycles. The van der Waals surface area contributed by atoms with Crippen LogP contribution in [0.25, 0.3) is 10.8 Å². The van der Waals surface area contributed by atoms with Crippen LogP contribution in [0.3, 0.4) is 0 Å². The fraction of sp³-hybridized carbons (Fsp3) is 0.231. The average Bonchev–Trinajstić information content (AvgIpc) is 2.82. The van der Waals surface area contributed by atoms with E-state index >= 15 is 0 Å². The molecule has 1 aliphatic heterocycles. The Morgan fingerprint density at radius 1 is 1.09 bits per heavy atom. The van der Waals surface area contributed by atoms with E-state index < -0.39 is 5.82 Å². The largest absolute Gasteiger partial charge is 0.335 e. The van der Waals surface area contributed by atoms with Crippen molar-refractivity contribution >= 4 is 16.7 Å². The molecule has 3 heterocycles. The van der Waals surface area contributed by atoms with Crippen LogP contribution < -0.4 is 5.56 Å². The Morgan fingerprint density at radius 3 is 2.59 bits per heavy atom. The molecule has 1 aliphatic rings. The Hall–Kier alpha value is -3.91. The van der Waals surface area contributed by atoms with Crippen molar-refractivity contribution in [2.24, 2.45) is 0 Å². The van der Waals surface area contributed by atoms with Crippen LogP contribution in [0, 0.1) is 5.82 Å². The van der Waals surface area contributed by atoms with Crippen LogP contribution in [0.4, 0.5) is 4.39 Å². The molecule has 7 nitrogen and oxygen atoms in total. The zero-order valence-corrected chi connectivity index (χ0v) is 18.7. The van der Waals surface area contributed by atoms with Gasteiger partial charge in [-0.05, 0) is 48.5 Å². The van der Waals surface area contributed by atoms with Crippen LogP contribution in [0.15, 0.2) is 71.8 Å². The van der Waals surface area contributed by atoms with Gasteiger partial charge >= 0.3 is 0 Å². The van der Waals surface area contributed by atoms with E-state index in [-0.39, 0.29) is 23.1 Å². The zero-order valence-electron chi connectivity index (χ0n) is 18.7. The fourth-order valence-electron chi connectivity index (χ4n) is 4.32. The van der Waals surface area contributed by atoms with Gasteiger partial charge in [-0.15, -0.1) is 0 Å². The van der Waals surface area contributed by atoms with Crippen LogP contribution >= 0.6 is 0 Å². The highest BCUT2D eigenvalue weighted by Crippen LogP contribution is 2.23. The number of likely N-dealkylation sites (tertiary alicyclic amines) is 1. The molecule has 0 radical (unpaired) electrons. The second kappa shape index (κ2) is 9.15. The standard InChI is InChI=1S/C26H24FN5O2/c1-31(14-17-8-10-28-11-9-17)19-15-32(16-19)26(34)22-12-18(6-7-23(22)27)13-24-20-4-2-3-5-21(20)25(33)30-29-24/h2-12,19H,13-16H2,1H3,(H,30,33). The number of amides is 1. The SMILES string of the molecule is CN(Cc1ccncc1)C1CN(C(=O)c2cc(Cc3n[nH]c(=O)c4ccccc34)ccc2F)C1. The lowest BCUT2D eigenvalue weighted by Crippen LogP contribution is -2.60. The summed E-state index contributed by atoms with van der Waals surface area (Å²) in [5.74, 6) is -0.853. The van der Waals surface area contributed by atoms with Crippen LogP contribution in [0.1, 0.15) is 27.2 Å². The van der Waals surface area contributed by atoms with E-state index in [1.807, 2.05) is 31.3 Å². The van der Waals surface area contributed by atoms with Gasteiger partial charge in [-0.3, -0.25) is 19.5 Å². The zero-order chi connectivity index (χ0) is 23.7. The minimum atomic E-state index is -0.540. The summed E-state index contributed by atoms with van der Waals surface area (Å²) in [6, 6.07) is 15.9. The number of carbonyl (C=O) groups is 1. The first-order valence-electron chi connectivity index (χ1n) is 11.1. The van der Waals surface area contributed by atoms with E-state index in [1.54, 1.807) is 41.6 Å². The Bertz CT molecular complexity index is 1400. The number of likely N-dealkylation sites (N-methyl/N-ethyl adjacent to an activating group) is 1. The number of carbonyl (C=O) groups excluding carboxylic acids is 1. The van der Waals surface area contributed by atoms with Gasteiger partial charge in [-0.2, -0.15) is 5.10 Å². The smallest absolute Gasteiger partial charge is 0.272 e. The summed E-state index contributed by atoms with van der Waals surface area (Å²) in [6.07, 6.45) is 3.90. The third-order valence-corrected chi connectivity index (χ3v) is 6.36. The van der Waals surface area contributed by atoms with Gasteiger partial charge < -0.3 is 4.90 Å². The minimum Gasteiger partial charge on any atom is -0.335 e. The molecular weight excluding hydrogens is 433 g/mol. The van der Waals surface area contributed by atoms with Crippen molar-refractivity contribution < 1.29 is 9.18 Å². The lowest BCUT2D eigenvalue weighted by molar-refractivity contribution is 0.0317. The predicted octanol–water partition coefficient (Wildman–Crippen LogP) is 3.00. The van der Waals surface area contributed by atoms with Crippen molar-refractivity contribution in [3.8, 4) is 0 Å². The molecule has 34 heavy (non-hydrogen) atoms. The predicted molar refractivity (Wildman–Crippen MR) is 127 cm³/mol. The number of fused-ring (bicyclic) bond motifs is 1. The molecule has 0 aliphatic carbocycles. The van der Waals surface area contributed by atoms with Crippen molar-refractivity contribution in [2.45, 2.75) is 19.0 Å². The van der Waals surface area contributed by atoms with Crippen LogP contribution in [0.2, 0.25) is 0 Å². The number of aromatic amines is 1. The van der Waals surface area contributed by atoms with E-state index in [9.17, 15) is 14.0 Å². The van der Waals surface area contributed by atoms with E-state index in [0.717, 1.165) is 23.1 Å². The quantitative estimate of drug-likeness (QED) is 0.481. The number of aromatic nitrogens is 3. The molecule has 5 rings (SSSR count). The highest BCUT2D eigenvalue weighted by molar-refractivity contribution is 5.95. The van der Waals surface area contributed by atoms with E-state index in [0.29, 0.717) is 30.6 Å². The van der Waals surface area contributed by atoms with Crippen molar-refractivity contribution in [2.75, 3.05) is 20.1 Å². The number of rotatable bonds is 6. The fourth-order valence-corrected chi connectivity index (χ4v) is 4.32. The molecule has 4 aromatic rings. The molecule has 0 atom stereocenters. The Balaban J connectivity index is 1.29. The molecule has 0 unspecified atom stereocenters. The van der Waals surface area contributed by atoms with Gasteiger partial charge in [0.15, 0.2) is 0 Å². The first-order chi connectivity index (χ1) is 16.5. The summed E-state index contributed by atoms with van der Waals surface area (Å²) < 4.78 is 14.6. The first kappa shape index (κ1) is 21.9. The van der Waals surface area contributed by atoms with E-state index in [4.69, 9.17) is 0 Å². The minimum absolute atomic E-state index is 0.0569.